The third kappa shape index (κ3) is 6.55. The van der Waals surface area contributed by atoms with Gasteiger partial charge in [-0.25, -0.2) is 4.98 Å². The van der Waals surface area contributed by atoms with Crippen LogP contribution in [-0.2, 0) is 10.2 Å². The Kier molecular flexibility index (Phi) is 7.73. The fourth-order valence-electron chi connectivity index (χ4n) is 2.93. The summed E-state index contributed by atoms with van der Waals surface area (Å²) >= 11 is 4.98. The zero-order valence-electron chi connectivity index (χ0n) is 18.2. The highest BCUT2D eigenvalue weighted by atomic mass is 79.9. The summed E-state index contributed by atoms with van der Waals surface area (Å²) in [5.41, 5.74) is 3.09. The van der Waals surface area contributed by atoms with Gasteiger partial charge in [0.2, 0.25) is 5.91 Å². The van der Waals surface area contributed by atoms with Crippen LogP contribution in [0.25, 0.3) is 11.3 Å². The number of benzene rings is 2. The van der Waals surface area contributed by atoms with Gasteiger partial charge >= 0.3 is 0 Å². The molecule has 0 saturated heterocycles. The molecule has 7 heteroatoms. The Morgan fingerprint density at radius 1 is 1.19 bits per heavy atom. The van der Waals surface area contributed by atoms with Crippen LogP contribution in [0.15, 0.2) is 52.3 Å². The zero-order chi connectivity index (χ0) is 22.4. The first-order valence-electron chi connectivity index (χ1n) is 10.1. The molecule has 1 N–H and O–H groups in total. The van der Waals surface area contributed by atoms with Gasteiger partial charge in [-0.05, 0) is 57.6 Å². The van der Waals surface area contributed by atoms with Crippen LogP contribution in [0.4, 0.5) is 5.13 Å². The van der Waals surface area contributed by atoms with Crippen molar-refractivity contribution in [1.29, 1.82) is 0 Å². The molecule has 0 bridgehead atoms. The first-order valence-corrected chi connectivity index (χ1v) is 11.8. The smallest absolute Gasteiger partial charge is 0.226 e. The lowest BCUT2D eigenvalue weighted by Gasteiger charge is -2.20. The van der Waals surface area contributed by atoms with Crippen LogP contribution in [0.3, 0.4) is 0 Å². The van der Waals surface area contributed by atoms with E-state index in [4.69, 9.17) is 9.47 Å². The van der Waals surface area contributed by atoms with Gasteiger partial charge in [-0.3, -0.25) is 4.79 Å². The molecule has 3 aromatic rings. The van der Waals surface area contributed by atoms with E-state index in [0.717, 1.165) is 27.2 Å². The maximum absolute atomic E-state index is 12.3. The third-order valence-corrected chi connectivity index (χ3v) is 6.10. The van der Waals surface area contributed by atoms with Gasteiger partial charge in [0, 0.05) is 17.4 Å². The number of carbonyl (C=O) groups excluding carboxylic acids is 1. The van der Waals surface area contributed by atoms with Crippen molar-refractivity contribution in [3.8, 4) is 22.8 Å². The van der Waals surface area contributed by atoms with Gasteiger partial charge in [-0.2, -0.15) is 0 Å². The Hall–Kier alpha value is -2.38. The minimum atomic E-state index is -0.0720. The molecule has 0 radical (unpaired) electrons. The predicted octanol–water partition coefficient (Wildman–Crippen LogP) is 6.68. The molecule has 0 aliphatic carbocycles. The summed E-state index contributed by atoms with van der Waals surface area (Å²) < 4.78 is 12.0. The number of amides is 1. The molecule has 0 unspecified atom stereocenters. The van der Waals surface area contributed by atoms with E-state index < -0.39 is 0 Å². The molecule has 2 aromatic carbocycles. The van der Waals surface area contributed by atoms with Crippen LogP contribution < -0.4 is 14.8 Å². The zero-order valence-corrected chi connectivity index (χ0v) is 20.6. The van der Waals surface area contributed by atoms with Crippen LogP contribution in [0.5, 0.6) is 11.5 Å². The number of carbonyl (C=O) groups is 1. The average molecular weight is 503 g/mol. The number of nitrogens with one attached hydrogen (secondary N) is 1. The number of aromatic nitrogens is 1. The summed E-state index contributed by atoms with van der Waals surface area (Å²) in [7, 11) is 1.63. The fraction of sp³-hybridized carbons (Fsp3) is 0.333. The normalized spacial score (nSPS) is 11.3. The van der Waals surface area contributed by atoms with Crippen LogP contribution in [-0.4, -0.2) is 24.6 Å². The molecular formula is C24H27BrN2O3S. The van der Waals surface area contributed by atoms with E-state index in [0.29, 0.717) is 24.6 Å². The Labute approximate surface area is 195 Å². The van der Waals surface area contributed by atoms with Crippen molar-refractivity contribution in [2.24, 2.45) is 0 Å². The van der Waals surface area contributed by atoms with Crippen molar-refractivity contribution in [2.45, 2.75) is 39.0 Å². The lowest BCUT2D eigenvalue weighted by atomic mass is 9.87. The molecule has 1 aromatic heterocycles. The number of hydrogen-bond donors (Lipinski definition) is 1. The van der Waals surface area contributed by atoms with Crippen molar-refractivity contribution >= 4 is 38.3 Å². The van der Waals surface area contributed by atoms with Crippen LogP contribution >= 0.6 is 27.3 Å². The molecule has 3 rings (SSSR count). The molecule has 0 atom stereocenters. The van der Waals surface area contributed by atoms with Crippen molar-refractivity contribution in [3.63, 3.8) is 0 Å². The monoisotopic (exact) mass is 502 g/mol. The average Bonchev–Trinajstić information content (AvgIpc) is 3.20. The molecule has 164 valence electrons. The Morgan fingerprint density at radius 3 is 2.71 bits per heavy atom. The van der Waals surface area contributed by atoms with Gasteiger partial charge in [0.1, 0.15) is 11.5 Å². The summed E-state index contributed by atoms with van der Waals surface area (Å²) in [5.74, 6) is 1.49. The maximum atomic E-state index is 12.3. The van der Waals surface area contributed by atoms with E-state index in [-0.39, 0.29) is 11.3 Å². The number of ether oxygens (including phenoxy) is 2. The van der Waals surface area contributed by atoms with Crippen LogP contribution in [0.2, 0.25) is 0 Å². The van der Waals surface area contributed by atoms with Gasteiger partial charge in [0.25, 0.3) is 0 Å². The second-order valence-electron chi connectivity index (χ2n) is 8.17. The molecule has 0 fully saturated rings. The number of methoxy groups -OCH3 is 1. The van der Waals surface area contributed by atoms with Crippen molar-refractivity contribution < 1.29 is 14.3 Å². The van der Waals surface area contributed by atoms with Gasteiger partial charge in [-0.1, -0.05) is 39.0 Å². The topological polar surface area (TPSA) is 60.5 Å². The first kappa shape index (κ1) is 23.3. The highest BCUT2D eigenvalue weighted by Gasteiger charge is 2.15. The molecular weight excluding hydrogens is 476 g/mol. The highest BCUT2D eigenvalue weighted by Crippen LogP contribution is 2.32. The highest BCUT2D eigenvalue weighted by molar-refractivity contribution is 9.10. The standard InChI is InChI=1S/C24H27BrN2O3S/c1-24(2,3)17-10-11-21(19(25)14-17)30-12-6-9-22(28)27-23-26-20(15-31-23)16-7-5-8-18(13-16)29-4/h5,7-8,10-11,13-15H,6,9,12H2,1-4H3,(H,26,27,28). The largest absolute Gasteiger partial charge is 0.497 e. The van der Waals surface area contributed by atoms with Crippen molar-refractivity contribution in [3.05, 3.63) is 57.9 Å². The molecule has 1 heterocycles. The lowest BCUT2D eigenvalue weighted by Crippen LogP contribution is -2.13. The molecule has 31 heavy (non-hydrogen) atoms. The van der Waals surface area contributed by atoms with Crippen molar-refractivity contribution in [1.82, 2.24) is 4.98 Å². The second-order valence-corrected chi connectivity index (χ2v) is 9.88. The first-order chi connectivity index (χ1) is 14.8. The minimum absolute atomic E-state index is 0.0720. The molecule has 0 aliphatic heterocycles. The van der Waals surface area contributed by atoms with Crippen molar-refractivity contribution in [2.75, 3.05) is 19.0 Å². The molecule has 5 nitrogen and oxygen atoms in total. The van der Waals surface area contributed by atoms with Crippen LogP contribution in [0.1, 0.15) is 39.2 Å². The quantitative estimate of drug-likeness (QED) is 0.349. The van der Waals surface area contributed by atoms with Gasteiger partial charge in [-0.15, -0.1) is 11.3 Å². The third-order valence-electron chi connectivity index (χ3n) is 4.72. The molecule has 0 aliphatic rings. The fourth-order valence-corrected chi connectivity index (χ4v) is 4.16. The molecule has 0 saturated carbocycles. The van der Waals surface area contributed by atoms with E-state index in [2.05, 4.69) is 59.1 Å². The van der Waals surface area contributed by atoms with E-state index >= 15 is 0 Å². The van der Waals surface area contributed by atoms with E-state index in [9.17, 15) is 4.79 Å². The summed E-state index contributed by atoms with van der Waals surface area (Å²) in [6, 6.07) is 13.8. The summed E-state index contributed by atoms with van der Waals surface area (Å²) in [4.78, 5) is 16.8. The Morgan fingerprint density at radius 2 is 2.00 bits per heavy atom. The maximum Gasteiger partial charge on any atom is 0.226 e. The number of halogens is 1. The van der Waals surface area contributed by atoms with E-state index in [1.807, 2.05) is 35.7 Å². The number of hydrogen-bond acceptors (Lipinski definition) is 5. The SMILES string of the molecule is COc1cccc(-c2csc(NC(=O)CCCOc3ccc(C(C)(C)C)cc3Br)n2)c1. The number of thiazole rings is 1. The van der Waals surface area contributed by atoms with E-state index in [1.54, 1.807) is 7.11 Å². The second kappa shape index (κ2) is 10.3. The van der Waals surface area contributed by atoms with Gasteiger partial charge < -0.3 is 14.8 Å². The van der Waals surface area contributed by atoms with Crippen LogP contribution in [0, 0.1) is 0 Å². The minimum Gasteiger partial charge on any atom is -0.497 e. The summed E-state index contributed by atoms with van der Waals surface area (Å²) in [6.07, 6.45) is 0.985. The molecule has 0 spiro atoms. The number of anilines is 1. The molecule has 1 amide bonds. The Balaban J connectivity index is 1.46. The lowest BCUT2D eigenvalue weighted by molar-refractivity contribution is -0.116. The van der Waals surface area contributed by atoms with Gasteiger partial charge in [0.05, 0.1) is 23.9 Å². The van der Waals surface area contributed by atoms with E-state index in [1.165, 1.54) is 16.9 Å². The van der Waals surface area contributed by atoms with Gasteiger partial charge in [0.15, 0.2) is 5.13 Å². The predicted molar refractivity (Wildman–Crippen MR) is 130 cm³/mol. The summed E-state index contributed by atoms with van der Waals surface area (Å²) in [5, 5.41) is 5.38. The Bertz CT molecular complexity index is 1040. The summed E-state index contributed by atoms with van der Waals surface area (Å²) in [6.45, 7) is 7.00. The number of rotatable bonds is 8. The number of nitrogens with zero attached hydrogens (tertiary/aromatic N) is 1.